The van der Waals surface area contributed by atoms with Gasteiger partial charge in [0.2, 0.25) is 15.9 Å². The molecule has 0 bridgehead atoms. The first-order valence-electron chi connectivity index (χ1n) is 8.93. The number of nitrogens with one attached hydrogen (secondary N) is 2. The molecule has 3 aromatic rings. The molecule has 3 aromatic carbocycles. The first kappa shape index (κ1) is 23.9. The molecule has 162 valence electrons. The van der Waals surface area contributed by atoms with Crippen molar-refractivity contribution < 1.29 is 13.2 Å². The molecule has 0 aliphatic carbocycles. The smallest absolute Gasteiger partial charge is 0.242 e. The van der Waals surface area contributed by atoms with E-state index in [1.807, 2.05) is 6.07 Å². The zero-order valence-corrected chi connectivity index (χ0v) is 19.6. The molecule has 0 aliphatic rings. The Bertz CT molecular complexity index is 1180. The predicted octanol–water partition coefficient (Wildman–Crippen LogP) is 5.83. The maximum atomic E-state index is 13.1. The number of amides is 1. The normalized spacial score (nSPS) is 12.4. The molecule has 10 heteroatoms. The molecule has 0 saturated carbocycles. The van der Waals surface area contributed by atoms with Gasteiger partial charge in [0.25, 0.3) is 0 Å². The van der Waals surface area contributed by atoms with Crippen molar-refractivity contribution in [3.63, 3.8) is 0 Å². The third-order valence-corrected chi connectivity index (χ3v) is 7.11. The quantitative estimate of drug-likeness (QED) is 0.414. The summed E-state index contributed by atoms with van der Waals surface area (Å²) >= 11 is 24.3. The maximum absolute atomic E-state index is 13.1. The van der Waals surface area contributed by atoms with Crippen LogP contribution in [0.5, 0.6) is 0 Å². The second-order valence-corrected chi connectivity index (χ2v) is 9.86. The van der Waals surface area contributed by atoms with Gasteiger partial charge >= 0.3 is 0 Å². The van der Waals surface area contributed by atoms with Crippen molar-refractivity contribution >= 4 is 68.0 Å². The molecule has 31 heavy (non-hydrogen) atoms. The van der Waals surface area contributed by atoms with Gasteiger partial charge in [-0.05, 0) is 42.3 Å². The highest BCUT2D eigenvalue weighted by atomic mass is 35.5. The lowest BCUT2D eigenvalue weighted by atomic mass is 10.1. The van der Waals surface area contributed by atoms with Crippen LogP contribution in [0.3, 0.4) is 0 Å². The molecule has 0 aromatic heterocycles. The number of para-hydroxylation sites is 1. The van der Waals surface area contributed by atoms with E-state index in [2.05, 4.69) is 10.0 Å². The number of halogens is 4. The Morgan fingerprint density at radius 1 is 0.839 bits per heavy atom. The van der Waals surface area contributed by atoms with E-state index >= 15 is 0 Å². The highest BCUT2D eigenvalue weighted by molar-refractivity contribution is 7.89. The van der Waals surface area contributed by atoms with Crippen molar-refractivity contribution in [2.24, 2.45) is 0 Å². The molecule has 3 rings (SSSR count). The van der Waals surface area contributed by atoms with E-state index in [1.54, 1.807) is 42.5 Å². The van der Waals surface area contributed by atoms with E-state index in [0.717, 1.165) is 5.56 Å². The summed E-state index contributed by atoms with van der Waals surface area (Å²) in [6.45, 7) is 0. The zero-order valence-electron chi connectivity index (χ0n) is 15.8. The van der Waals surface area contributed by atoms with Gasteiger partial charge < -0.3 is 5.32 Å². The van der Waals surface area contributed by atoms with Crippen LogP contribution in [-0.2, 0) is 21.2 Å². The number of sulfonamides is 1. The van der Waals surface area contributed by atoms with Gasteiger partial charge in [-0.25, -0.2) is 8.42 Å². The van der Waals surface area contributed by atoms with Crippen LogP contribution in [0.4, 0.5) is 5.69 Å². The average molecular weight is 518 g/mol. The Morgan fingerprint density at radius 3 is 2.13 bits per heavy atom. The van der Waals surface area contributed by atoms with Gasteiger partial charge in [-0.1, -0.05) is 82.8 Å². The number of benzene rings is 3. The van der Waals surface area contributed by atoms with Gasteiger partial charge in [-0.2, -0.15) is 4.72 Å². The standard InChI is InChI=1S/C21H16Cl4N2O3S/c22-14-9-10-15(23)19(12-14)31(29,30)27-18(11-13-5-2-1-3-6-13)21(28)26-20-16(24)7-4-8-17(20)25/h1-10,12,18,27H,11H2,(H,26,28)/t18-/m0/s1. The van der Waals surface area contributed by atoms with Crippen LogP contribution in [0.1, 0.15) is 5.56 Å². The summed E-state index contributed by atoms with van der Waals surface area (Å²) in [4.78, 5) is 12.8. The lowest BCUT2D eigenvalue weighted by molar-refractivity contribution is -0.117. The summed E-state index contributed by atoms with van der Waals surface area (Å²) < 4.78 is 28.4. The molecule has 0 spiro atoms. The number of carbonyl (C=O) groups excluding carboxylic acids is 1. The molecule has 5 nitrogen and oxygen atoms in total. The van der Waals surface area contributed by atoms with E-state index in [1.165, 1.54) is 18.2 Å². The molecule has 0 fully saturated rings. The van der Waals surface area contributed by atoms with Gasteiger partial charge in [-0.3, -0.25) is 4.79 Å². The number of anilines is 1. The van der Waals surface area contributed by atoms with Crippen LogP contribution >= 0.6 is 46.4 Å². The maximum Gasteiger partial charge on any atom is 0.242 e. The highest BCUT2D eigenvalue weighted by Crippen LogP contribution is 2.30. The monoisotopic (exact) mass is 516 g/mol. The second-order valence-electron chi connectivity index (χ2n) is 6.52. The Balaban J connectivity index is 1.94. The Labute approximate surface area is 200 Å². The van der Waals surface area contributed by atoms with Crippen molar-refractivity contribution in [2.45, 2.75) is 17.4 Å². The third kappa shape index (κ3) is 6.13. The summed E-state index contributed by atoms with van der Waals surface area (Å²) in [6.07, 6.45) is 0.0756. The van der Waals surface area contributed by atoms with Gasteiger partial charge in [0.1, 0.15) is 10.9 Å². The average Bonchev–Trinajstić information content (AvgIpc) is 2.72. The first-order chi connectivity index (χ1) is 14.7. The molecule has 0 aliphatic heterocycles. The van der Waals surface area contributed by atoms with Crippen LogP contribution in [0.25, 0.3) is 0 Å². The number of rotatable bonds is 7. The summed E-state index contributed by atoms with van der Waals surface area (Å²) in [5, 5.41) is 3.22. The fourth-order valence-electron chi connectivity index (χ4n) is 2.80. The number of hydrogen-bond acceptors (Lipinski definition) is 3. The topological polar surface area (TPSA) is 75.3 Å². The molecular formula is C21H16Cl4N2O3S. The Morgan fingerprint density at radius 2 is 1.48 bits per heavy atom. The Kier molecular flexibility index (Phi) is 7.86. The lowest BCUT2D eigenvalue weighted by Crippen LogP contribution is -2.45. The van der Waals surface area contributed by atoms with Gasteiger partial charge in [0.15, 0.2) is 0 Å². The second kappa shape index (κ2) is 10.2. The minimum absolute atomic E-state index is 0.0232. The van der Waals surface area contributed by atoms with E-state index in [0.29, 0.717) is 0 Å². The molecule has 0 radical (unpaired) electrons. The molecule has 0 heterocycles. The van der Waals surface area contributed by atoms with Crippen molar-refractivity contribution in [3.8, 4) is 0 Å². The van der Waals surface area contributed by atoms with Crippen LogP contribution < -0.4 is 10.0 Å². The van der Waals surface area contributed by atoms with E-state index in [9.17, 15) is 13.2 Å². The first-order valence-corrected chi connectivity index (χ1v) is 11.9. The van der Waals surface area contributed by atoms with Gasteiger partial charge in [0.05, 0.1) is 20.8 Å². The van der Waals surface area contributed by atoms with Crippen molar-refractivity contribution in [3.05, 3.63) is 92.4 Å². The van der Waals surface area contributed by atoms with Gasteiger partial charge in [0, 0.05) is 5.02 Å². The van der Waals surface area contributed by atoms with Gasteiger partial charge in [-0.15, -0.1) is 0 Å². The van der Waals surface area contributed by atoms with Crippen LogP contribution in [0.15, 0.2) is 71.6 Å². The van der Waals surface area contributed by atoms with Crippen LogP contribution in [-0.4, -0.2) is 20.4 Å². The summed E-state index contributed by atoms with van der Waals surface area (Å²) in [7, 11) is -4.18. The van der Waals surface area contributed by atoms with Crippen LogP contribution in [0.2, 0.25) is 20.1 Å². The SMILES string of the molecule is O=C(Nc1c(Cl)cccc1Cl)[C@H](Cc1ccccc1)NS(=O)(=O)c1cc(Cl)ccc1Cl. The predicted molar refractivity (Wildman–Crippen MR) is 126 cm³/mol. The van der Waals surface area contributed by atoms with Crippen LogP contribution in [0, 0.1) is 0 Å². The molecule has 1 atom stereocenters. The van der Waals surface area contributed by atoms with E-state index < -0.39 is 22.0 Å². The molecule has 1 amide bonds. The van der Waals surface area contributed by atoms with E-state index in [-0.39, 0.29) is 37.1 Å². The fraction of sp³-hybridized carbons (Fsp3) is 0.0952. The summed E-state index contributed by atoms with van der Waals surface area (Å²) in [5.41, 5.74) is 0.932. The zero-order chi connectivity index (χ0) is 22.6. The molecule has 0 saturated heterocycles. The largest absolute Gasteiger partial charge is 0.322 e. The minimum atomic E-state index is -4.18. The van der Waals surface area contributed by atoms with Crippen molar-refractivity contribution in [1.82, 2.24) is 4.72 Å². The van der Waals surface area contributed by atoms with E-state index in [4.69, 9.17) is 46.4 Å². The highest BCUT2D eigenvalue weighted by Gasteiger charge is 2.28. The van der Waals surface area contributed by atoms with Crippen molar-refractivity contribution in [2.75, 3.05) is 5.32 Å². The lowest BCUT2D eigenvalue weighted by Gasteiger charge is -2.20. The fourth-order valence-corrected chi connectivity index (χ4v) is 5.25. The number of hydrogen-bond donors (Lipinski definition) is 2. The molecule has 0 unspecified atom stereocenters. The minimum Gasteiger partial charge on any atom is -0.322 e. The number of carbonyl (C=O) groups is 1. The van der Waals surface area contributed by atoms with Crippen molar-refractivity contribution in [1.29, 1.82) is 0 Å². The molecule has 2 N–H and O–H groups in total. The molecular weight excluding hydrogens is 502 g/mol. The summed E-state index contributed by atoms with van der Waals surface area (Å²) in [6, 6.07) is 16.6. The Hall–Kier alpha value is -1.80. The third-order valence-electron chi connectivity index (χ3n) is 4.29. The summed E-state index contributed by atoms with van der Waals surface area (Å²) in [5.74, 6) is -0.638.